The quantitative estimate of drug-likeness (QED) is 0.0261. The smallest absolute Gasteiger partial charge is 0.306 e. The number of carbonyl (C=O) groups is 3. The van der Waals surface area contributed by atoms with Crippen LogP contribution in [0.3, 0.4) is 0 Å². The molecule has 0 saturated carbocycles. The zero-order chi connectivity index (χ0) is 51.4. The Bertz CT molecular complexity index is 1190. The van der Waals surface area contributed by atoms with Gasteiger partial charge in [0.05, 0.1) is 0 Å². The normalized spacial score (nSPS) is 12.2. The Morgan fingerprint density at radius 2 is 0.507 bits per heavy atom. The average Bonchev–Trinajstić information content (AvgIpc) is 3.37. The maximum Gasteiger partial charge on any atom is 0.306 e. The summed E-state index contributed by atoms with van der Waals surface area (Å²) in [6.07, 6.45) is 73.0. The standard InChI is InChI=1S/C65H120O6/c1-4-7-10-13-16-19-22-25-27-29-30-31-32-33-34-35-37-38-40-43-46-49-52-55-58-64(67)70-61-62(60-69-63(66)57-54-51-48-45-42-24-21-18-15-12-9-6-3)71-65(68)59-56-53-50-47-44-41-39-36-28-26-23-20-17-14-11-8-5-2/h17-18,20-21,26,28,62H,4-16,19,22-25,27,29-61H2,1-3H3/b20-17-,21-18-,28-26-. The highest BCUT2D eigenvalue weighted by Crippen LogP contribution is 2.17. The van der Waals surface area contributed by atoms with Gasteiger partial charge in [-0.1, -0.05) is 282 Å². The molecule has 0 aliphatic carbocycles. The van der Waals surface area contributed by atoms with Crippen molar-refractivity contribution in [2.24, 2.45) is 0 Å². The van der Waals surface area contributed by atoms with Crippen LogP contribution in [0.4, 0.5) is 0 Å². The lowest BCUT2D eigenvalue weighted by Gasteiger charge is -2.18. The molecule has 0 aromatic carbocycles. The van der Waals surface area contributed by atoms with Crippen molar-refractivity contribution in [1.29, 1.82) is 0 Å². The van der Waals surface area contributed by atoms with Gasteiger partial charge in [0.25, 0.3) is 0 Å². The molecule has 0 N–H and O–H groups in total. The lowest BCUT2D eigenvalue weighted by molar-refractivity contribution is -0.167. The van der Waals surface area contributed by atoms with Crippen molar-refractivity contribution in [2.75, 3.05) is 13.2 Å². The highest BCUT2D eigenvalue weighted by Gasteiger charge is 2.19. The second kappa shape index (κ2) is 60.2. The summed E-state index contributed by atoms with van der Waals surface area (Å²) >= 11 is 0. The van der Waals surface area contributed by atoms with Crippen LogP contribution in [0.1, 0.15) is 342 Å². The number of unbranched alkanes of at least 4 members (excludes halogenated alkanes) is 41. The third kappa shape index (κ3) is 58.4. The lowest BCUT2D eigenvalue weighted by Crippen LogP contribution is -2.30. The Morgan fingerprint density at radius 3 is 0.817 bits per heavy atom. The van der Waals surface area contributed by atoms with Crippen molar-refractivity contribution < 1.29 is 28.6 Å². The molecule has 0 aliphatic rings. The minimum atomic E-state index is -0.777. The predicted octanol–water partition coefficient (Wildman–Crippen LogP) is 21.2. The van der Waals surface area contributed by atoms with Gasteiger partial charge < -0.3 is 14.2 Å². The monoisotopic (exact) mass is 997 g/mol. The summed E-state index contributed by atoms with van der Waals surface area (Å²) < 4.78 is 16.9. The van der Waals surface area contributed by atoms with Gasteiger partial charge in [-0.25, -0.2) is 0 Å². The Hall–Kier alpha value is -2.37. The van der Waals surface area contributed by atoms with E-state index < -0.39 is 6.10 Å². The largest absolute Gasteiger partial charge is 0.462 e. The van der Waals surface area contributed by atoms with E-state index in [0.29, 0.717) is 19.3 Å². The van der Waals surface area contributed by atoms with E-state index in [-0.39, 0.29) is 31.1 Å². The van der Waals surface area contributed by atoms with Gasteiger partial charge >= 0.3 is 17.9 Å². The molecule has 0 rings (SSSR count). The molecular formula is C65H120O6. The van der Waals surface area contributed by atoms with E-state index in [1.54, 1.807) is 0 Å². The zero-order valence-electron chi connectivity index (χ0n) is 47.8. The minimum Gasteiger partial charge on any atom is -0.462 e. The predicted molar refractivity (Wildman–Crippen MR) is 307 cm³/mol. The number of ether oxygens (including phenoxy) is 3. The Labute approximate surface area is 442 Å². The summed E-state index contributed by atoms with van der Waals surface area (Å²) in [5, 5.41) is 0. The Morgan fingerprint density at radius 1 is 0.282 bits per heavy atom. The number of rotatable bonds is 58. The zero-order valence-corrected chi connectivity index (χ0v) is 47.8. The fraction of sp³-hybridized carbons (Fsp3) is 0.862. The Balaban J connectivity index is 4.24. The molecule has 0 aromatic heterocycles. The number of hydrogen-bond acceptors (Lipinski definition) is 6. The molecule has 1 unspecified atom stereocenters. The first-order chi connectivity index (χ1) is 35.0. The van der Waals surface area contributed by atoms with E-state index >= 15 is 0 Å². The summed E-state index contributed by atoms with van der Waals surface area (Å²) in [5.74, 6) is -0.871. The van der Waals surface area contributed by atoms with E-state index in [2.05, 4.69) is 57.2 Å². The van der Waals surface area contributed by atoms with Gasteiger partial charge in [-0.3, -0.25) is 14.4 Å². The van der Waals surface area contributed by atoms with Crippen LogP contribution in [0.25, 0.3) is 0 Å². The van der Waals surface area contributed by atoms with Gasteiger partial charge in [0, 0.05) is 19.3 Å². The highest BCUT2D eigenvalue weighted by atomic mass is 16.6. The molecule has 0 heterocycles. The molecule has 71 heavy (non-hydrogen) atoms. The van der Waals surface area contributed by atoms with Gasteiger partial charge in [0.2, 0.25) is 0 Å². The van der Waals surface area contributed by atoms with Crippen LogP contribution < -0.4 is 0 Å². The molecule has 0 spiro atoms. The van der Waals surface area contributed by atoms with E-state index in [1.165, 1.54) is 225 Å². The average molecular weight is 998 g/mol. The maximum atomic E-state index is 12.9. The van der Waals surface area contributed by atoms with Crippen LogP contribution in [-0.4, -0.2) is 37.2 Å². The lowest BCUT2D eigenvalue weighted by atomic mass is 10.0. The first kappa shape index (κ1) is 68.6. The summed E-state index contributed by atoms with van der Waals surface area (Å²) in [6, 6.07) is 0. The second-order valence-electron chi connectivity index (χ2n) is 21.3. The van der Waals surface area contributed by atoms with Crippen LogP contribution in [0, 0.1) is 0 Å². The van der Waals surface area contributed by atoms with Crippen molar-refractivity contribution in [3.8, 4) is 0 Å². The van der Waals surface area contributed by atoms with Gasteiger partial charge in [-0.05, 0) is 77.0 Å². The fourth-order valence-corrected chi connectivity index (χ4v) is 9.35. The summed E-state index contributed by atoms with van der Waals surface area (Å²) in [5.41, 5.74) is 0. The van der Waals surface area contributed by atoms with E-state index in [9.17, 15) is 14.4 Å². The minimum absolute atomic E-state index is 0.0742. The van der Waals surface area contributed by atoms with Crippen LogP contribution in [0.15, 0.2) is 36.5 Å². The molecule has 0 fully saturated rings. The van der Waals surface area contributed by atoms with Crippen LogP contribution in [0.5, 0.6) is 0 Å². The Kier molecular flexibility index (Phi) is 58.2. The number of hydrogen-bond donors (Lipinski definition) is 0. The van der Waals surface area contributed by atoms with Gasteiger partial charge in [0.15, 0.2) is 6.10 Å². The molecule has 0 aliphatic heterocycles. The van der Waals surface area contributed by atoms with Crippen LogP contribution >= 0.6 is 0 Å². The SMILES string of the molecule is CCCCC/C=C\C/C=C\CCCCCCCCCC(=O)OC(COC(=O)CCCCCCC/C=C\CCCCC)COC(=O)CCCCCCCCCCCCCCCCCCCCCCCCCC. The highest BCUT2D eigenvalue weighted by molar-refractivity contribution is 5.71. The van der Waals surface area contributed by atoms with Gasteiger partial charge in [0.1, 0.15) is 13.2 Å². The molecular weight excluding hydrogens is 877 g/mol. The summed E-state index contributed by atoms with van der Waals surface area (Å²) in [6.45, 7) is 6.63. The molecule has 416 valence electrons. The molecule has 1 atom stereocenters. The molecule has 0 aromatic rings. The number of carbonyl (C=O) groups excluding carboxylic acids is 3. The van der Waals surface area contributed by atoms with Crippen molar-refractivity contribution in [3.63, 3.8) is 0 Å². The molecule has 6 nitrogen and oxygen atoms in total. The van der Waals surface area contributed by atoms with E-state index in [4.69, 9.17) is 14.2 Å². The molecule has 6 heteroatoms. The van der Waals surface area contributed by atoms with Gasteiger partial charge in [-0.15, -0.1) is 0 Å². The number of allylic oxidation sites excluding steroid dienone is 6. The summed E-state index contributed by atoms with van der Waals surface area (Å²) in [7, 11) is 0. The summed E-state index contributed by atoms with van der Waals surface area (Å²) in [4.78, 5) is 38.2. The van der Waals surface area contributed by atoms with Crippen molar-refractivity contribution in [1.82, 2.24) is 0 Å². The maximum absolute atomic E-state index is 12.9. The van der Waals surface area contributed by atoms with Crippen molar-refractivity contribution in [2.45, 2.75) is 348 Å². The van der Waals surface area contributed by atoms with E-state index in [1.807, 2.05) is 0 Å². The van der Waals surface area contributed by atoms with E-state index in [0.717, 1.165) is 77.0 Å². The molecule has 0 radical (unpaired) electrons. The fourth-order valence-electron chi connectivity index (χ4n) is 9.35. The molecule has 0 amide bonds. The molecule has 0 bridgehead atoms. The first-order valence-electron chi connectivity index (χ1n) is 31.5. The first-order valence-corrected chi connectivity index (χ1v) is 31.5. The molecule has 0 saturated heterocycles. The van der Waals surface area contributed by atoms with Crippen molar-refractivity contribution >= 4 is 17.9 Å². The third-order valence-electron chi connectivity index (χ3n) is 14.1. The third-order valence-corrected chi connectivity index (χ3v) is 14.1. The topological polar surface area (TPSA) is 78.9 Å². The van der Waals surface area contributed by atoms with Crippen molar-refractivity contribution in [3.05, 3.63) is 36.5 Å². The van der Waals surface area contributed by atoms with Gasteiger partial charge in [-0.2, -0.15) is 0 Å². The number of esters is 3. The van der Waals surface area contributed by atoms with Crippen LogP contribution in [-0.2, 0) is 28.6 Å². The van der Waals surface area contributed by atoms with Crippen LogP contribution in [0.2, 0.25) is 0 Å². The second-order valence-corrected chi connectivity index (χ2v) is 21.3.